The van der Waals surface area contributed by atoms with Gasteiger partial charge in [0.05, 0.1) is 11.0 Å². The molecule has 1 aliphatic rings. The van der Waals surface area contributed by atoms with E-state index in [1.165, 1.54) is 20.2 Å². The fourth-order valence-corrected chi connectivity index (χ4v) is 3.11. The van der Waals surface area contributed by atoms with Crippen LogP contribution in [0.4, 0.5) is 17.6 Å². The molecular weight excluding hydrogens is 372 g/mol. The maximum Gasteiger partial charge on any atom is 0.507 e. The summed E-state index contributed by atoms with van der Waals surface area (Å²) < 4.78 is 86.9. The van der Waals surface area contributed by atoms with Crippen molar-refractivity contribution in [3.63, 3.8) is 0 Å². The maximum atomic E-state index is 13.3. The zero-order chi connectivity index (χ0) is 18.8. The zero-order valence-electron chi connectivity index (χ0n) is 12.5. The first-order chi connectivity index (χ1) is 11.4. The highest BCUT2D eigenvalue weighted by Crippen LogP contribution is 2.48. The third kappa shape index (κ3) is 2.36. The van der Waals surface area contributed by atoms with E-state index in [9.17, 15) is 26.0 Å². The van der Waals surface area contributed by atoms with Crippen LogP contribution < -0.4 is 9.47 Å². The molecule has 2 heterocycles. The number of hydrogen-bond acceptors (Lipinski definition) is 6. The number of aromatic nitrogens is 2. The molecule has 0 aliphatic carbocycles. The van der Waals surface area contributed by atoms with Crippen LogP contribution in [-0.4, -0.2) is 48.0 Å². The van der Waals surface area contributed by atoms with Crippen molar-refractivity contribution in [1.29, 1.82) is 5.26 Å². The van der Waals surface area contributed by atoms with Crippen molar-refractivity contribution < 1.29 is 35.5 Å². The van der Waals surface area contributed by atoms with E-state index >= 15 is 0 Å². The summed E-state index contributed by atoms with van der Waals surface area (Å²) in [5.41, 5.74) is -0.543. The first-order valence-electron chi connectivity index (χ1n) is 6.44. The molecule has 0 spiro atoms. The van der Waals surface area contributed by atoms with E-state index in [0.29, 0.717) is 3.97 Å². The molecule has 134 valence electrons. The van der Waals surface area contributed by atoms with Crippen molar-refractivity contribution in [3.05, 3.63) is 18.0 Å². The average Bonchev–Trinajstić information content (AvgIpc) is 2.83. The van der Waals surface area contributed by atoms with Crippen LogP contribution in [0.2, 0.25) is 0 Å². The van der Waals surface area contributed by atoms with Crippen LogP contribution in [-0.2, 0) is 10.2 Å². The van der Waals surface area contributed by atoms with Gasteiger partial charge in [-0.25, -0.2) is 4.98 Å². The first-order valence-corrected chi connectivity index (χ1v) is 7.84. The largest absolute Gasteiger partial charge is 0.507 e. The van der Waals surface area contributed by atoms with Crippen molar-refractivity contribution in [2.75, 3.05) is 14.1 Å². The SMILES string of the molecule is CN(C)S(=O)(=O)n1c(C#N)nc2cc3c(cc21)OC(F)(F)C(F)(F)O3. The van der Waals surface area contributed by atoms with E-state index in [0.717, 1.165) is 16.4 Å². The number of benzene rings is 1. The minimum absolute atomic E-state index is 0.231. The number of rotatable bonds is 2. The molecular formula is C12H8F4N4O4S. The standard InChI is InChI=1S/C12H8F4N4O4S/c1-19(2)25(21,22)20-7-4-9-8(3-6(7)18-10(20)5-17)23-11(13,14)12(15,16)24-9/h3-4H,1-2H3. The summed E-state index contributed by atoms with van der Waals surface area (Å²) in [4.78, 5) is 3.70. The maximum absolute atomic E-state index is 13.3. The summed E-state index contributed by atoms with van der Waals surface area (Å²) >= 11 is 0. The van der Waals surface area contributed by atoms with Gasteiger partial charge in [0.15, 0.2) is 11.5 Å². The van der Waals surface area contributed by atoms with Gasteiger partial charge in [-0.1, -0.05) is 0 Å². The molecule has 0 radical (unpaired) electrons. The van der Waals surface area contributed by atoms with E-state index in [1.807, 2.05) is 0 Å². The Kier molecular flexibility index (Phi) is 3.42. The molecule has 25 heavy (non-hydrogen) atoms. The van der Waals surface area contributed by atoms with E-state index in [-0.39, 0.29) is 11.0 Å². The Morgan fingerprint density at radius 3 is 2.16 bits per heavy atom. The van der Waals surface area contributed by atoms with Gasteiger partial charge in [0.25, 0.3) is 0 Å². The van der Waals surface area contributed by atoms with E-state index < -0.39 is 39.7 Å². The van der Waals surface area contributed by atoms with Gasteiger partial charge in [-0.05, 0) is 0 Å². The summed E-state index contributed by atoms with van der Waals surface area (Å²) in [5, 5.41) is 9.08. The van der Waals surface area contributed by atoms with Crippen LogP contribution in [0.1, 0.15) is 5.82 Å². The first kappa shape index (κ1) is 17.2. The second-order valence-corrected chi connectivity index (χ2v) is 7.12. The Morgan fingerprint density at radius 1 is 1.16 bits per heavy atom. The highest BCUT2D eigenvalue weighted by molar-refractivity contribution is 7.87. The van der Waals surface area contributed by atoms with Gasteiger partial charge in [0.2, 0.25) is 5.82 Å². The van der Waals surface area contributed by atoms with Gasteiger partial charge in [-0.2, -0.15) is 39.5 Å². The van der Waals surface area contributed by atoms with Gasteiger partial charge in [-0.3, -0.25) is 0 Å². The number of alkyl halides is 4. The normalized spacial score (nSPS) is 18.3. The van der Waals surface area contributed by atoms with Crippen LogP contribution in [0.3, 0.4) is 0 Å². The van der Waals surface area contributed by atoms with Gasteiger partial charge >= 0.3 is 22.4 Å². The fourth-order valence-electron chi connectivity index (χ4n) is 2.09. The number of hydrogen-bond donors (Lipinski definition) is 0. The summed E-state index contributed by atoms with van der Waals surface area (Å²) in [7, 11) is -1.90. The van der Waals surface area contributed by atoms with Gasteiger partial charge in [0, 0.05) is 26.2 Å². The van der Waals surface area contributed by atoms with Gasteiger partial charge < -0.3 is 9.47 Å². The van der Waals surface area contributed by atoms with Crippen molar-refractivity contribution >= 4 is 21.2 Å². The van der Waals surface area contributed by atoms with E-state index in [2.05, 4.69) is 14.5 Å². The summed E-state index contributed by atoms with van der Waals surface area (Å²) in [6.45, 7) is 0. The average molecular weight is 380 g/mol. The molecule has 1 aromatic carbocycles. The Balaban J connectivity index is 2.32. The summed E-state index contributed by atoms with van der Waals surface area (Å²) in [6, 6.07) is 3.06. The zero-order valence-corrected chi connectivity index (χ0v) is 13.3. The molecule has 2 aromatic rings. The molecule has 0 saturated carbocycles. The molecule has 0 unspecified atom stereocenters. The number of nitrogens with zero attached hydrogens (tertiary/aromatic N) is 4. The minimum Gasteiger partial charge on any atom is -0.421 e. The number of ether oxygens (including phenoxy) is 2. The van der Waals surface area contributed by atoms with E-state index in [1.54, 1.807) is 0 Å². The second-order valence-electron chi connectivity index (χ2n) is 5.13. The van der Waals surface area contributed by atoms with Crippen molar-refractivity contribution in [1.82, 2.24) is 13.3 Å². The molecule has 1 aliphatic heterocycles. The third-order valence-corrected chi connectivity index (χ3v) is 5.04. The highest BCUT2D eigenvalue weighted by Gasteiger charge is 2.66. The number of halogens is 4. The lowest BCUT2D eigenvalue weighted by molar-refractivity contribution is -0.391. The Morgan fingerprint density at radius 2 is 1.68 bits per heavy atom. The summed E-state index contributed by atoms with van der Waals surface area (Å²) in [5.74, 6) is -2.17. The molecule has 1 aromatic heterocycles. The lowest BCUT2D eigenvalue weighted by Gasteiger charge is -2.31. The van der Waals surface area contributed by atoms with Gasteiger partial charge in [-0.15, -0.1) is 0 Å². The van der Waals surface area contributed by atoms with Gasteiger partial charge in [0.1, 0.15) is 6.07 Å². The number of nitriles is 1. The van der Waals surface area contributed by atoms with Crippen molar-refractivity contribution in [3.8, 4) is 17.6 Å². The van der Waals surface area contributed by atoms with Crippen molar-refractivity contribution in [2.24, 2.45) is 0 Å². The lowest BCUT2D eigenvalue weighted by atomic mass is 10.2. The predicted octanol–water partition coefficient (Wildman–Crippen LogP) is 1.52. The van der Waals surface area contributed by atoms with Crippen LogP contribution in [0.5, 0.6) is 11.5 Å². The molecule has 13 heteroatoms. The lowest BCUT2D eigenvalue weighted by Crippen LogP contribution is -2.52. The third-order valence-electron chi connectivity index (χ3n) is 3.29. The molecule has 3 rings (SSSR count). The molecule has 0 fully saturated rings. The highest BCUT2D eigenvalue weighted by atomic mass is 32.2. The van der Waals surface area contributed by atoms with E-state index in [4.69, 9.17) is 5.26 Å². The minimum atomic E-state index is -4.96. The molecule has 0 N–H and O–H groups in total. The molecule has 0 atom stereocenters. The molecule has 0 bridgehead atoms. The second kappa shape index (κ2) is 4.96. The Labute approximate surface area is 138 Å². The number of imidazole rings is 1. The number of fused-ring (bicyclic) bond motifs is 2. The summed E-state index contributed by atoms with van der Waals surface area (Å²) in [6.07, 6.45) is -9.89. The smallest absolute Gasteiger partial charge is 0.421 e. The van der Waals surface area contributed by atoms with Crippen LogP contribution in [0.15, 0.2) is 12.1 Å². The Bertz CT molecular complexity index is 1030. The predicted molar refractivity (Wildman–Crippen MR) is 73.6 cm³/mol. The molecule has 0 saturated heterocycles. The van der Waals surface area contributed by atoms with Crippen molar-refractivity contribution in [2.45, 2.75) is 12.2 Å². The fraction of sp³-hybridized carbons (Fsp3) is 0.333. The van der Waals surface area contributed by atoms with Crippen LogP contribution in [0, 0.1) is 11.3 Å². The monoisotopic (exact) mass is 380 g/mol. The quantitative estimate of drug-likeness (QED) is 0.733. The van der Waals surface area contributed by atoms with Crippen LogP contribution >= 0.6 is 0 Å². The molecule has 8 nitrogen and oxygen atoms in total. The van der Waals surface area contributed by atoms with Crippen LogP contribution in [0.25, 0.3) is 11.0 Å². The molecule has 0 amide bonds. The Hall–Kier alpha value is -2.59. The topological polar surface area (TPSA) is 97.5 Å².